The molecule has 1 aliphatic heterocycles. The summed E-state index contributed by atoms with van der Waals surface area (Å²) < 4.78 is 33.0. The van der Waals surface area contributed by atoms with Crippen LogP contribution in [0.5, 0.6) is 5.75 Å². The van der Waals surface area contributed by atoms with Gasteiger partial charge in [-0.1, -0.05) is 37.5 Å². The van der Waals surface area contributed by atoms with Gasteiger partial charge in [0.2, 0.25) is 10.0 Å². The van der Waals surface area contributed by atoms with E-state index in [4.69, 9.17) is 4.74 Å². The largest absolute Gasteiger partial charge is 0.488 e. The van der Waals surface area contributed by atoms with Gasteiger partial charge in [-0.25, -0.2) is 13.1 Å². The summed E-state index contributed by atoms with van der Waals surface area (Å²) in [7, 11) is -3.19. The minimum Gasteiger partial charge on any atom is -0.488 e. The predicted molar refractivity (Wildman–Crippen MR) is 78.4 cm³/mol. The smallest absolute Gasteiger partial charge is 0.214 e. The van der Waals surface area contributed by atoms with Gasteiger partial charge in [-0.05, 0) is 24.5 Å². The monoisotopic (exact) mass is 295 g/mol. The van der Waals surface area contributed by atoms with E-state index in [1.807, 2.05) is 24.3 Å². The Balaban J connectivity index is 1.55. The second kappa shape index (κ2) is 5.74. The van der Waals surface area contributed by atoms with E-state index in [9.17, 15) is 8.42 Å². The van der Waals surface area contributed by atoms with Crippen molar-refractivity contribution in [1.82, 2.24) is 4.72 Å². The van der Waals surface area contributed by atoms with Gasteiger partial charge in [-0.3, -0.25) is 0 Å². The molecule has 1 fully saturated rings. The number of hydrogen-bond donors (Lipinski definition) is 1. The van der Waals surface area contributed by atoms with Crippen LogP contribution in [-0.2, 0) is 16.4 Å². The Kier molecular flexibility index (Phi) is 3.98. The van der Waals surface area contributed by atoms with Gasteiger partial charge in [0, 0.05) is 13.0 Å². The Morgan fingerprint density at radius 1 is 1.15 bits per heavy atom. The van der Waals surface area contributed by atoms with Crippen LogP contribution in [0, 0.1) is 0 Å². The molecule has 1 saturated carbocycles. The predicted octanol–water partition coefficient (Wildman–Crippen LogP) is 2.24. The maximum absolute atomic E-state index is 12.2. The lowest BCUT2D eigenvalue weighted by atomic mass is 10.0. The van der Waals surface area contributed by atoms with E-state index in [-0.39, 0.29) is 11.4 Å². The van der Waals surface area contributed by atoms with Gasteiger partial charge in [0.25, 0.3) is 0 Å². The SMILES string of the molecule is O=S(=O)(NCC1Cc2ccccc2O1)C1CCCCC1. The molecule has 110 valence electrons. The van der Waals surface area contributed by atoms with Crippen LogP contribution in [-0.4, -0.2) is 26.3 Å². The molecule has 0 radical (unpaired) electrons. The molecule has 0 bridgehead atoms. The molecular formula is C15H21NO3S. The van der Waals surface area contributed by atoms with Crippen molar-refractivity contribution >= 4 is 10.0 Å². The summed E-state index contributed by atoms with van der Waals surface area (Å²) in [5.41, 5.74) is 1.16. The van der Waals surface area contributed by atoms with Gasteiger partial charge in [-0.2, -0.15) is 0 Å². The van der Waals surface area contributed by atoms with Gasteiger partial charge in [-0.15, -0.1) is 0 Å². The Morgan fingerprint density at radius 2 is 1.90 bits per heavy atom. The molecule has 0 saturated heterocycles. The summed E-state index contributed by atoms with van der Waals surface area (Å²) in [5, 5.41) is -0.208. The van der Waals surface area contributed by atoms with Crippen LogP contribution in [0.2, 0.25) is 0 Å². The van der Waals surface area contributed by atoms with E-state index in [1.165, 1.54) is 0 Å². The highest BCUT2D eigenvalue weighted by molar-refractivity contribution is 7.90. The Morgan fingerprint density at radius 3 is 2.65 bits per heavy atom. The first-order valence-electron chi connectivity index (χ1n) is 7.38. The van der Waals surface area contributed by atoms with Crippen molar-refractivity contribution in [3.8, 4) is 5.75 Å². The van der Waals surface area contributed by atoms with Gasteiger partial charge in [0.1, 0.15) is 11.9 Å². The Bertz CT molecular complexity index is 539. The highest BCUT2D eigenvalue weighted by Crippen LogP contribution is 2.28. The Labute approximate surface area is 120 Å². The molecule has 5 heteroatoms. The summed E-state index contributed by atoms with van der Waals surface area (Å²) in [4.78, 5) is 0. The third-order valence-corrected chi connectivity index (χ3v) is 6.14. The molecule has 1 aromatic carbocycles. The highest BCUT2D eigenvalue weighted by atomic mass is 32.2. The van der Waals surface area contributed by atoms with Crippen molar-refractivity contribution in [2.75, 3.05) is 6.54 Å². The first kappa shape index (κ1) is 13.9. The van der Waals surface area contributed by atoms with E-state index in [0.29, 0.717) is 6.54 Å². The molecule has 20 heavy (non-hydrogen) atoms. The number of fused-ring (bicyclic) bond motifs is 1. The zero-order valence-electron chi connectivity index (χ0n) is 11.5. The average molecular weight is 295 g/mol. The maximum atomic E-state index is 12.2. The van der Waals surface area contributed by atoms with Gasteiger partial charge in [0.15, 0.2) is 0 Å². The lowest BCUT2D eigenvalue weighted by Crippen LogP contribution is -2.40. The topological polar surface area (TPSA) is 55.4 Å². The normalized spacial score (nSPS) is 23.3. The molecule has 1 aliphatic carbocycles. The first-order valence-corrected chi connectivity index (χ1v) is 8.93. The van der Waals surface area contributed by atoms with Gasteiger partial charge < -0.3 is 4.74 Å². The molecule has 0 aromatic heterocycles. The third kappa shape index (κ3) is 2.99. The molecule has 2 aliphatic rings. The van der Waals surface area contributed by atoms with Crippen LogP contribution in [0.25, 0.3) is 0 Å². The van der Waals surface area contributed by atoms with Crippen molar-refractivity contribution in [2.45, 2.75) is 49.9 Å². The first-order chi connectivity index (χ1) is 9.65. The number of para-hydroxylation sites is 1. The zero-order chi connectivity index (χ0) is 14.0. The molecule has 0 amide bonds. The number of ether oxygens (including phenoxy) is 1. The summed E-state index contributed by atoms with van der Waals surface area (Å²) in [6, 6.07) is 7.89. The van der Waals surface area contributed by atoms with Crippen molar-refractivity contribution in [1.29, 1.82) is 0 Å². The number of rotatable bonds is 4. The van der Waals surface area contributed by atoms with Gasteiger partial charge >= 0.3 is 0 Å². The molecule has 1 heterocycles. The molecule has 0 spiro atoms. The van der Waals surface area contributed by atoms with Crippen molar-refractivity contribution in [2.24, 2.45) is 0 Å². The number of nitrogens with one attached hydrogen (secondary N) is 1. The minimum atomic E-state index is -3.19. The molecule has 3 rings (SSSR count). The summed E-state index contributed by atoms with van der Waals surface area (Å²) in [6.07, 6.45) is 5.50. The minimum absolute atomic E-state index is 0.0780. The van der Waals surface area contributed by atoms with E-state index in [1.54, 1.807) is 0 Å². The standard InChI is InChI=1S/C15H21NO3S/c17-20(18,14-7-2-1-3-8-14)16-11-13-10-12-6-4-5-9-15(12)19-13/h4-6,9,13-14,16H,1-3,7-8,10-11H2. The Hall–Kier alpha value is -1.07. The van der Waals surface area contributed by atoms with Crippen LogP contribution in [0.1, 0.15) is 37.7 Å². The van der Waals surface area contributed by atoms with E-state index in [2.05, 4.69) is 4.72 Å². The van der Waals surface area contributed by atoms with Crippen molar-refractivity contribution in [3.63, 3.8) is 0 Å². The van der Waals surface area contributed by atoms with Crippen LogP contribution in [0.3, 0.4) is 0 Å². The fraction of sp³-hybridized carbons (Fsp3) is 0.600. The molecule has 1 atom stereocenters. The molecule has 4 nitrogen and oxygen atoms in total. The molecule has 1 N–H and O–H groups in total. The summed E-state index contributed by atoms with van der Waals surface area (Å²) in [5.74, 6) is 0.884. The zero-order valence-corrected chi connectivity index (χ0v) is 12.4. The number of benzene rings is 1. The van der Waals surface area contributed by atoms with Crippen molar-refractivity contribution < 1.29 is 13.2 Å². The van der Waals surface area contributed by atoms with Crippen LogP contribution >= 0.6 is 0 Å². The maximum Gasteiger partial charge on any atom is 0.214 e. The average Bonchev–Trinajstić information content (AvgIpc) is 2.89. The molecule has 1 aromatic rings. The lowest BCUT2D eigenvalue weighted by Gasteiger charge is -2.22. The summed E-state index contributed by atoms with van der Waals surface area (Å²) >= 11 is 0. The van der Waals surface area contributed by atoms with E-state index in [0.717, 1.165) is 49.8 Å². The van der Waals surface area contributed by atoms with Crippen LogP contribution < -0.4 is 9.46 Å². The van der Waals surface area contributed by atoms with Crippen LogP contribution in [0.4, 0.5) is 0 Å². The highest BCUT2D eigenvalue weighted by Gasteiger charge is 2.29. The lowest BCUT2D eigenvalue weighted by molar-refractivity contribution is 0.235. The molecular weight excluding hydrogens is 274 g/mol. The van der Waals surface area contributed by atoms with Crippen LogP contribution in [0.15, 0.2) is 24.3 Å². The molecule has 1 unspecified atom stereocenters. The van der Waals surface area contributed by atoms with Gasteiger partial charge in [0.05, 0.1) is 5.25 Å². The van der Waals surface area contributed by atoms with E-state index < -0.39 is 10.0 Å². The third-order valence-electron chi connectivity index (χ3n) is 4.22. The fourth-order valence-electron chi connectivity index (χ4n) is 3.07. The second-order valence-electron chi connectivity index (χ2n) is 5.71. The fourth-order valence-corrected chi connectivity index (χ4v) is 4.68. The summed E-state index contributed by atoms with van der Waals surface area (Å²) in [6.45, 7) is 0.369. The quantitative estimate of drug-likeness (QED) is 0.927. The van der Waals surface area contributed by atoms with Crippen molar-refractivity contribution in [3.05, 3.63) is 29.8 Å². The number of hydrogen-bond acceptors (Lipinski definition) is 3. The number of sulfonamides is 1. The van der Waals surface area contributed by atoms with E-state index >= 15 is 0 Å². The second-order valence-corrected chi connectivity index (χ2v) is 7.75.